The summed E-state index contributed by atoms with van der Waals surface area (Å²) in [6, 6.07) is 5.22. The van der Waals surface area contributed by atoms with E-state index in [0.717, 1.165) is 23.5 Å². The highest BCUT2D eigenvalue weighted by atomic mass is 16.3. The summed E-state index contributed by atoms with van der Waals surface area (Å²) in [5.41, 5.74) is 2.05. The summed E-state index contributed by atoms with van der Waals surface area (Å²) in [6.45, 7) is 8.91. The van der Waals surface area contributed by atoms with Gasteiger partial charge in [-0.1, -0.05) is 20.8 Å². The highest BCUT2D eigenvalue weighted by molar-refractivity contribution is 5.46. The number of aliphatic hydroxyl groups excluding tert-OH is 1. The molecule has 0 bridgehead atoms. The van der Waals surface area contributed by atoms with Crippen molar-refractivity contribution < 1.29 is 5.11 Å². The molecule has 1 aromatic heterocycles. The van der Waals surface area contributed by atoms with Gasteiger partial charge in [0.1, 0.15) is 5.82 Å². The molecule has 0 radical (unpaired) electrons. The van der Waals surface area contributed by atoms with Crippen LogP contribution in [0.5, 0.6) is 0 Å². The number of rotatable bonds is 4. The molecule has 0 aliphatic carbocycles. The molecule has 1 aliphatic rings. The van der Waals surface area contributed by atoms with Crippen molar-refractivity contribution in [3.63, 3.8) is 0 Å². The molecule has 3 heteroatoms. The molecular formula is C16H26N2O. The SMILES string of the molecule is CCC1CCC(C)N1c1cc(CO)cc(C(C)C)n1. The van der Waals surface area contributed by atoms with E-state index in [4.69, 9.17) is 4.98 Å². The molecule has 2 rings (SSSR count). The van der Waals surface area contributed by atoms with Crippen molar-refractivity contribution in [3.05, 3.63) is 23.4 Å². The zero-order valence-electron chi connectivity index (χ0n) is 12.6. The summed E-state index contributed by atoms with van der Waals surface area (Å²) in [5, 5.41) is 9.45. The quantitative estimate of drug-likeness (QED) is 0.902. The second-order valence-electron chi connectivity index (χ2n) is 5.97. The largest absolute Gasteiger partial charge is 0.392 e. The highest BCUT2D eigenvalue weighted by Gasteiger charge is 2.30. The van der Waals surface area contributed by atoms with E-state index >= 15 is 0 Å². The Morgan fingerprint density at radius 2 is 2.11 bits per heavy atom. The van der Waals surface area contributed by atoms with Crippen LogP contribution in [0.15, 0.2) is 12.1 Å². The summed E-state index contributed by atoms with van der Waals surface area (Å²) in [7, 11) is 0. The van der Waals surface area contributed by atoms with Crippen molar-refractivity contribution >= 4 is 5.82 Å². The fourth-order valence-electron chi connectivity index (χ4n) is 3.00. The number of pyridine rings is 1. The van der Waals surface area contributed by atoms with Crippen LogP contribution in [0.2, 0.25) is 0 Å². The van der Waals surface area contributed by atoms with Crippen molar-refractivity contribution in [2.45, 2.75) is 71.6 Å². The van der Waals surface area contributed by atoms with Gasteiger partial charge in [-0.15, -0.1) is 0 Å². The number of hydrogen-bond donors (Lipinski definition) is 1. The van der Waals surface area contributed by atoms with Crippen molar-refractivity contribution in [1.29, 1.82) is 0 Å². The van der Waals surface area contributed by atoms with Crippen LogP contribution in [0.1, 0.15) is 64.1 Å². The minimum atomic E-state index is 0.0915. The molecular weight excluding hydrogens is 236 g/mol. The zero-order valence-corrected chi connectivity index (χ0v) is 12.6. The van der Waals surface area contributed by atoms with E-state index in [1.165, 1.54) is 12.8 Å². The van der Waals surface area contributed by atoms with Crippen molar-refractivity contribution in [2.75, 3.05) is 4.90 Å². The zero-order chi connectivity index (χ0) is 14.0. The lowest BCUT2D eigenvalue weighted by Gasteiger charge is -2.30. The van der Waals surface area contributed by atoms with Gasteiger partial charge in [-0.3, -0.25) is 0 Å². The second kappa shape index (κ2) is 5.91. The second-order valence-corrected chi connectivity index (χ2v) is 5.97. The van der Waals surface area contributed by atoms with E-state index in [0.29, 0.717) is 18.0 Å². The van der Waals surface area contributed by atoms with Crippen LogP contribution in [0, 0.1) is 0 Å². The lowest BCUT2D eigenvalue weighted by molar-refractivity contribution is 0.281. The van der Waals surface area contributed by atoms with Gasteiger partial charge < -0.3 is 10.0 Å². The Bertz CT molecular complexity index is 431. The van der Waals surface area contributed by atoms with Gasteiger partial charge in [0.15, 0.2) is 0 Å². The monoisotopic (exact) mass is 262 g/mol. The normalized spacial score (nSPS) is 23.4. The molecule has 3 nitrogen and oxygen atoms in total. The Balaban J connectivity index is 2.40. The lowest BCUT2D eigenvalue weighted by Crippen LogP contribution is -2.35. The first-order valence-corrected chi connectivity index (χ1v) is 7.46. The van der Waals surface area contributed by atoms with E-state index in [9.17, 15) is 5.11 Å². The first-order valence-electron chi connectivity index (χ1n) is 7.46. The smallest absolute Gasteiger partial charge is 0.129 e. The Morgan fingerprint density at radius 3 is 2.68 bits per heavy atom. The van der Waals surface area contributed by atoms with Gasteiger partial charge in [0.2, 0.25) is 0 Å². The summed E-state index contributed by atoms with van der Waals surface area (Å²) in [4.78, 5) is 7.28. The van der Waals surface area contributed by atoms with Gasteiger partial charge in [-0.2, -0.15) is 0 Å². The molecule has 0 amide bonds. The fourth-order valence-corrected chi connectivity index (χ4v) is 3.00. The number of anilines is 1. The van der Waals surface area contributed by atoms with E-state index in [2.05, 4.69) is 38.7 Å². The van der Waals surface area contributed by atoms with E-state index in [1.54, 1.807) is 0 Å². The Hall–Kier alpha value is -1.09. The molecule has 0 spiro atoms. The number of aliphatic hydroxyl groups is 1. The van der Waals surface area contributed by atoms with E-state index < -0.39 is 0 Å². The number of nitrogens with zero attached hydrogens (tertiary/aromatic N) is 2. The molecule has 19 heavy (non-hydrogen) atoms. The maximum absolute atomic E-state index is 9.45. The van der Waals surface area contributed by atoms with Gasteiger partial charge in [-0.05, 0) is 49.8 Å². The molecule has 106 valence electrons. The van der Waals surface area contributed by atoms with Crippen LogP contribution in [0.4, 0.5) is 5.82 Å². The molecule has 2 unspecified atom stereocenters. The first kappa shape index (κ1) is 14.3. The van der Waals surface area contributed by atoms with Crippen LogP contribution in [-0.4, -0.2) is 22.2 Å². The Morgan fingerprint density at radius 1 is 1.37 bits per heavy atom. The minimum Gasteiger partial charge on any atom is -0.392 e. The van der Waals surface area contributed by atoms with Crippen molar-refractivity contribution in [2.24, 2.45) is 0 Å². The van der Waals surface area contributed by atoms with Gasteiger partial charge in [0.05, 0.1) is 6.61 Å². The summed E-state index contributed by atoms with van der Waals surface area (Å²) >= 11 is 0. The average Bonchev–Trinajstić information content (AvgIpc) is 2.79. The maximum atomic E-state index is 9.45. The molecule has 1 fully saturated rings. The minimum absolute atomic E-state index is 0.0915. The fraction of sp³-hybridized carbons (Fsp3) is 0.688. The predicted molar refractivity (Wildman–Crippen MR) is 79.5 cm³/mol. The third-order valence-corrected chi connectivity index (χ3v) is 4.19. The van der Waals surface area contributed by atoms with Crippen LogP contribution in [0.25, 0.3) is 0 Å². The Labute approximate surface area is 116 Å². The van der Waals surface area contributed by atoms with Gasteiger partial charge in [0, 0.05) is 17.8 Å². The average molecular weight is 262 g/mol. The van der Waals surface area contributed by atoms with Crippen molar-refractivity contribution in [3.8, 4) is 0 Å². The van der Waals surface area contributed by atoms with Crippen LogP contribution >= 0.6 is 0 Å². The van der Waals surface area contributed by atoms with Crippen LogP contribution in [0.3, 0.4) is 0 Å². The lowest BCUT2D eigenvalue weighted by atomic mass is 10.1. The predicted octanol–water partition coefficient (Wildman–Crippen LogP) is 3.46. The molecule has 0 aromatic carbocycles. The maximum Gasteiger partial charge on any atom is 0.129 e. The molecule has 1 aromatic rings. The molecule has 2 heterocycles. The molecule has 1 N–H and O–H groups in total. The number of hydrogen-bond acceptors (Lipinski definition) is 3. The van der Waals surface area contributed by atoms with E-state index in [1.807, 2.05) is 6.07 Å². The standard InChI is InChI=1S/C16H26N2O/c1-5-14-7-6-12(4)18(14)16-9-13(10-19)8-15(17-16)11(2)3/h8-9,11-12,14,19H,5-7,10H2,1-4H3. The third kappa shape index (κ3) is 2.92. The molecule has 1 saturated heterocycles. The topological polar surface area (TPSA) is 36.4 Å². The third-order valence-electron chi connectivity index (χ3n) is 4.19. The first-order chi connectivity index (χ1) is 9.06. The molecule has 1 aliphatic heterocycles. The summed E-state index contributed by atoms with van der Waals surface area (Å²) in [6.07, 6.45) is 3.65. The van der Waals surface area contributed by atoms with Gasteiger partial charge in [-0.25, -0.2) is 4.98 Å². The van der Waals surface area contributed by atoms with Crippen molar-refractivity contribution in [1.82, 2.24) is 4.98 Å². The highest BCUT2D eigenvalue weighted by Crippen LogP contribution is 2.32. The summed E-state index contributed by atoms with van der Waals surface area (Å²) in [5.74, 6) is 1.44. The van der Waals surface area contributed by atoms with Crippen LogP contribution in [-0.2, 0) is 6.61 Å². The van der Waals surface area contributed by atoms with Crippen LogP contribution < -0.4 is 4.90 Å². The molecule has 0 saturated carbocycles. The number of aromatic nitrogens is 1. The molecule has 2 atom stereocenters. The Kier molecular flexibility index (Phi) is 4.46. The van der Waals surface area contributed by atoms with E-state index in [-0.39, 0.29) is 6.61 Å². The van der Waals surface area contributed by atoms with Gasteiger partial charge >= 0.3 is 0 Å². The van der Waals surface area contributed by atoms with Gasteiger partial charge in [0.25, 0.3) is 0 Å². The summed E-state index contributed by atoms with van der Waals surface area (Å²) < 4.78 is 0.